The molecule has 4 aromatic rings. The second-order valence-corrected chi connectivity index (χ2v) is 8.30. The van der Waals surface area contributed by atoms with Crippen LogP contribution in [0.5, 0.6) is 0 Å². The minimum atomic E-state index is -0.449. The number of aromatic nitrogens is 3. The number of carbonyl (C=O) groups excluding carboxylic acids is 3. The molecule has 0 atom stereocenters. The van der Waals surface area contributed by atoms with Crippen molar-refractivity contribution >= 4 is 51.0 Å². The lowest BCUT2D eigenvalue weighted by molar-refractivity contribution is -0.118. The normalized spacial score (nSPS) is 14.4. The molecule has 3 heterocycles. The third-order valence-electron chi connectivity index (χ3n) is 5.23. The van der Waals surface area contributed by atoms with Crippen LogP contribution < -0.4 is 20.3 Å². The summed E-state index contributed by atoms with van der Waals surface area (Å²) in [5.41, 5.74) is 1.74. The van der Waals surface area contributed by atoms with Crippen molar-refractivity contribution in [1.82, 2.24) is 14.6 Å². The summed E-state index contributed by atoms with van der Waals surface area (Å²) in [7, 11) is 0. The van der Waals surface area contributed by atoms with Gasteiger partial charge in [-0.3, -0.25) is 19.3 Å². The zero-order chi connectivity index (χ0) is 23.8. The molecule has 170 valence electrons. The molecule has 0 fully saturated rings. The Morgan fingerprint density at radius 3 is 2.59 bits per heavy atom. The van der Waals surface area contributed by atoms with Crippen molar-refractivity contribution in [1.29, 1.82) is 0 Å². The van der Waals surface area contributed by atoms with Gasteiger partial charge >= 0.3 is 5.97 Å². The number of nitrogens with one attached hydrogen (secondary N) is 1. The number of carbonyl (C=O) groups is 3. The number of rotatable bonds is 5. The molecule has 5 rings (SSSR count). The molecule has 0 unspecified atom stereocenters. The van der Waals surface area contributed by atoms with Gasteiger partial charge in [0, 0.05) is 11.3 Å². The van der Waals surface area contributed by atoms with Crippen LogP contribution in [-0.4, -0.2) is 45.5 Å². The fourth-order valence-corrected chi connectivity index (χ4v) is 4.71. The van der Waals surface area contributed by atoms with Crippen LogP contribution in [0.2, 0.25) is 0 Å². The second kappa shape index (κ2) is 8.52. The lowest BCUT2D eigenvalue weighted by atomic mass is 10.1. The van der Waals surface area contributed by atoms with Crippen molar-refractivity contribution in [2.75, 3.05) is 23.4 Å². The number of esters is 1. The third kappa shape index (κ3) is 3.61. The number of anilines is 2. The van der Waals surface area contributed by atoms with Gasteiger partial charge in [0.2, 0.25) is 10.9 Å². The molecule has 0 radical (unpaired) electrons. The lowest BCUT2D eigenvalue weighted by Crippen LogP contribution is -2.37. The van der Waals surface area contributed by atoms with Crippen molar-refractivity contribution in [3.05, 3.63) is 80.9 Å². The van der Waals surface area contributed by atoms with E-state index in [4.69, 9.17) is 4.74 Å². The smallest absolute Gasteiger partial charge is 0.338 e. The number of hydrogen-bond acceptors (Lipinski definition) is 8. The number of ether oxygens (including phenoxy) is 1. The maximum atomic E-state index is 13.4. The molecule has 0 saturated heterocycles. The number of para-hydroxylation sites is 1. The van der Waals surface area contributed by atoms with Crippen molar-refractivity contribution in [3.8, 4) is 0 Å². The Balaban J connectivity index is 1.42. The zero-order valence-corrected chi connectivity index (χ0v) is 18.7. The topological polar surface area (TPSA) is 123 Å². The number of hydrogen-bond donors (Lipinski definition) is 1. The zero-order valence-electron chi connectivity index (χ0n) is 17.8. The van der Waals surface area contributed by atoms with Crippen LogP contribution >= 0.6 is 11.3 Å². The number of nitrogens with zero attached hydrogens (tertiary/aromatic N) is 4. The first-order chi connectivity index (χ1) is 16.5. The van der Waals surface area contributed by atoms with Crippen LogP contribution in [0.15, 0.2) is 59.7 Å². The van der Waals surface area contributed by atoms with Gasteiger partial charge in [-0.25, -0.2) is 9.78 Å². The highest BCUT2D eigenvalue weighted by atomic mass is 32.1. The standard InChI is InChI=1S/C23H17N5O5S/c1-2-33-22(32)13-7-9-14(10-8-13)26-17(29)11-27-16-6-4-3-5-15(16)18(20(27)30)19-21(31)28-23(34-19)24-12-25-28/h3-10,12H,2,11H2,1H3,(H,26,29)/b19-18-. The molecule has 0 spiro atoms. The second-order valence-electron chi connectivity index (χ2n) is 7.32. The Morgan fingerprint density at radius 1 is 1.09 bits per heavy atom. The van der Waals surface area contributed by atoms with E-state index in [-0.39, 0.29) is 23.3 Å². The van der Waals surface area contributed by atoms with E-state index < -0.39 is 23.3 Å². The first-order valence-electron chi connectivity index (χ1n) is 10.3. The molecule has 2 amide bonds. The molecule has 1 aliphatic rings. The van der Waals surface area contributed by atoms with Crippen LogP contribution in [-0.2, 0) is 14.3 Å². The monoisotopic (exact) mass is 475 g/mol. The molecule has 10 nitrogen and oxygen atoms in total. The highest BCUT2D eigenvalue weighted by molar-refractivity contribution is 7.15. The van der Waals surface area contributed by atoms with Gasteiger partial charge < -0.3 is 10.1 Å². The minimum Gasteiger partial charge on any atom is -0.462 e. The van der Waals surface area contributed by atoms with E-state index in [1.807, 2.05) is 0 Å². The molecular formula is C23H17N5O5S. The molecule has 0 bridgehead atoms. The van der Waals surface area contributed by atoms with Gasteiger partial charge in [0.1, 0.15) is 17.4 Å². The van der Waals surface area contributed by atoms with E-state index in [0.717, 1.165) is 15.9 Å². The van der Waals surface area contributed by atoms with Gasteiger partial charge in [0.05, 0.1) is 23.4 Å². The maximum Gasteiger partial charge on any atom is 0.338 e. The summed E-state index contributed by atoms with van der Waals surface area (Å²) in [6.07, 6.45) is 1.28. The number of amides is 2. The van der Waals surface area contributed by atoms with Gasteiger partial charge in [-0.15, -0.1) is 0 Å². The predicted octanol–water partition coefficient (Wildman–Crippen LogP) is 1.23. The quantitative estimate of drug-likeness (QED) is 0.431. The molecular weight excluding hydrogens is 458 g/mol. The molecule has 1 N–H and O–H groups in total. The number of thiazole rings is 1. The van der Waals surface area contributed by atoms with Gasteiger partial charge in [-0.1, -0.05) is 29.5 Å². The largest absolute Gasteiger partial charge is 0.462 e. The molecule has 0 saturated carbocycles. The Bertz CT molecular complexity index is 1560. The summed E-state index contributed by atoms with van der Waals surface area (Å²) >= 11 is 1.08. The highest BCUT2D eigenvalue weighted by Crippen LogP contribution is 2.35. The average Bonchev–Trinajstić information content (AvgIpc) is 3.49. The van der Waals surface area contributed by atoms with Crippen molar-refractivity contribution in [2.45, 2.75) is 6.92 Å². The fourth-order valence-electron chi connectivity index (χ4n) is 3.73. The van der Waals surface area contributed by atoms with Gasteiger partial charge in [-0.2, -0.15) is 9.61 Å². The lowest BCUT2D eigenvalue weighted by Gasteiger charge is -2.16. The van der Waals surface area contributed by atoms with Crippen LogP contribution in [0.1, 0.15) is 22.8 Å². The van der Waals surface area contributed by atoms with E-state index in [1.165, 1.54) is 11.2 Å². The van der Waals surface area contributed by atoms with Gasteiger partial charge in [0.15, 0.2) is 0 Å². The average molecular weight is 475 g/mol. The van der Waals surface area contributed by atoms with E-state index in [2.05, 4.69) is 15.4 Å². The first kappa shape index (κ1) is 21.5. The van der Waals surface area contributed by atoms with Crippen LogP contribution in [0.3, 0.4) is 0 Å². The minimum absolute atomic E-state index is 0.226. The summed E-state index contributed by atoms with van der Waals surface area (Å²) in [6.45, 7) is 1.73. The molecule has 34 heavy (non-hydrogen) atoms. The van der Waals surface area contributed by atoms with E-state index >= 15 is 0 Å². The van der Waals surface area contributed by atoms with Crippen LogP contribution in [0, 0.1) is 0 Å². The Labute approximate surface area is 196 Å². The molecule has 11 heteroatoms. The van der Waals surface area contributed by atoms with Gasteiger partial charge in [0.25, 0.3) is 11.5 Å². The fraction of sp³-hybridized carbons (Fsp3) is 0.130. The highest BCUT2D eigenvalue weighted by Gasteiger charge is 2.35. The van der Waals surface area contributed by atoms with Crippen LogP contribution in [0.4, 0.5) is 11.4 Å². The molecule has 2 aromatic heterocycles. The number of benzene rings is 2. The van der Waals surface area contributed by atoms with Crippen molar-refractivity contribution < 1.29 is 19.1 Å². The van der Waals surface area contributed by atoms with E-state index in [9.17, 15) is 19.2 Å². The van der Waals surface area contributed by atoms with Crippen LogP contribution in [0.25, 0.3) is 10.5 Å². The van der Waals surface area contributed by atoms with Crippen molar-refractivity contribution in [2.24, 2.45) is 0 Å². The third-order valence-corrected chi connectivity index (χ3v) is 6.27. The van der Waals surface area contributed by atoms with E-state index in [0.29, 0.717) is 27.5 Å². The predicted molar refractivity (Wildman–Crippen MR) is 125 cm³/mol. The van der Waals surface area contributed by atoms with Gasteiger partial charge in [-0.05, 0) is 37.3 Å². The summed E-state index contributed by atoms with van der Waals surface area (Å²) < 4.78 is 6.33. The van der Waals surface area contributed by atoms with E-state index in [1.54, 1.807) is 55.5 Å². The first-order valence-corrected chi connectivity index (χ1v) is 11.1. The maximum absolute atomic E-state index is 13.4. The molecule has 1 aliphatic heterocycles. The summed E-state index contributed by atoms with van der Waals surface area (Å²) in [4.78, 5) is 56.5. The number of fused-ring (bicyclic) bond motifs is 2. The summed E-state index contributed by atoms with van der Waals surface area (Å²) in [5.74, 6) is -1.33. The molecule has 0 aliphatic carbocycles. The summed E-state index contributed by atoms with van der Waals surface area (Å²) in [5, 5.41) is 6.63. The Kier molecular flexibility index (Phi) is 5.38. The Morgan fingerprint density at radius 2 is 1.85 bits per heavy atom. The Hall–Kier alpha value is -4.38. The van der Waals surface area contributed by atoms with Crippen molar-refractivity contribution in [3.63, 3.8) is 0 Å². The SMILES string of the molecule is CCOC(=O)c1ccc(NC(=O)CN2C(=O)/C(=c3\sc4ncnn4c3=O)c3ccccc32)cc1. The summed E-state index contributed by atoms with van der Waals surface area (Å²) in [6, 6.07) is 13.3. The molecule has 2 aromatic carbocycles.